The molecule has 5 rings (SSSR count). The fraction of sp³-hybridized carbons (Fsp3) is 0.0833. The Labute approximate surface area is 235 Å². The molecular formula is C36H30O4. The van der Waals surface area contributed by atoms with Crippen LogP contribution in [0, 0.1) is 0 Å². The van der Waals surface area contributed by atoms with E-state index in [1.165, 1.54) is 13.2 Å². The maximum absolute atomic E-state index is 11.8. The van der Waals surface area contributed by atoms with Gasteiger partial charge in [-0.05, 0) is 87.5 Å². The molecule has 0 heterocycles. The minimum atomic E-state index is -0.396. The smallest absolute Gasteiger partial charge is 0.330 e. The molecule has 0 radical (unpaired) electrons. The second-order valence-electron chi connectivity index (χ2n) is 9.30. The number of hydrogen-bond acceptors (Lipinski definition) is 4. The zero-order chi connectivity index (χ0) is 27.6. The minimum Gasteiger partial charge on any atom is -0.489 e. The first-order chi connectivity index (χ1) is 19.7. The van der Waals surface area contributed by atoms with Crippen molar-refractivity contribution in [3.8, 4) is 33.8 Å². The van der Waals surface area contributed by atoms with Crippen LogP contribution in [0.15, 0.2) is 133 Å². The van der Waals surface area contributed by atoms with Gasteiger partial charge in [-0.3, -0.25) is 0 Å². The second kappa shape index (κ2) is 13.1. The molecule has 0 unspecified atom stereocenters. The topological polar surface area (TPSA) is 44.8 Å². The number of hydrogen-bond donors (Lipinski definition) is 0. The molecule has 5 aromatic carbocycles. The molecular weight excluding hydrogens is 496 g/mol. The molecule has 0 saturated heterocycles. The SMILES string of the molecule is COC(=O)/C=C/c1cc(-c2ccc(OCc3ccccc3)cc2)cc(-c2ccc(OCc3ccccc3)cc2)c1. The molecule has 5 aromatic rings. The average Bonchev–Trinajstić information content (AvgIpc) is 3.03. The van der Waals surface area contributed by atoms with Crippen molar-refractivity contribution in [2.75, 3.05) is 7.11 Å². The molecule has 198 valence electrons. The average molecular weight is 527 g/mol. The molecule has 40 heavy (non-hydrogen) atoms. The van der Waals surface area contributed by atoms with Crippen molar-refractivity contribution in [2.45, 2.75) is 13.2 Å². The molecule has 0 N–H and O–H groups in total. The molecule has 4 heteroatoms. The Morgan fingerprint density at radius 3 is 1.45 bits per heavy atom. The van der Waals surface area contributed by atoms with Crippen LogP contribution in [-0.4, -0.2) is 13.1 Å². The first-order valence-corrected chi connectivity index (χ1v) is 13.1. The van der Waals surface area contributed by atoms with E-state index in [9.17, 15) is 4.79 Å². The third-order valence-corrected chi connectivity index (χ3v) is 6.44. The van der Waals surface area contributed by atoms with Crippen LogP contribution in [0.4, 0.5) is 0 Å². The van der Waals surface area contributed by atoms with Gasteiger partial charge in [0.15, 0.2) is 0 Å². The number of benzene rings is 5. The normalized spacial score (nSPS) is 10.8. The molecule has 0 atom stereocenters. The predicted molar refractivity (Wildman–Crippen MR) is 160 cm³/mol. The van der Waals surface area contributed by atoms with E-state index >= 15 is 0 Å². The van der Waals surface area contributed by atoms with Gasteiger partial charge in [0.25, 0.3) is 0 Å². The highest BCUT2D eigenvalue weighted by Crippen LogP contribution is 2.31. The summed E-state index contributed by atoms with van der Waals surface area (Å²) in [4.78, 5) is 11.8. The molecule has 0 saturated carbocycles. The van der Waals surface area contributed by atoms with Crippen LogP contribution in [0.5, 0.6) is 11.5 Å². The summed E-state index contributed by atoms with van der Waals surface area (Å²) < 4.78 is 16.7. The van der Waals surface area contributed by atoms with Crippen LogP contribution in [0.2, 0.25) is 0 Å². The van der Waals surface area contributed by atoms with Crippen molar-refractivity contribution in [3.05, 3.63) is 150 Å². The van der Waals surface area contributed by atoms with Crippen molar-refractivity contribution < 1.29 is 19.0 Å². The van der Waals surface area contributed by atoms with E-state index in [2.05, 4.69) is 18.2 Å². The van der Waals surface area contributed by atoms with Gasteiger partial charge in [-0.25, -0.2) is 4.79 Å². The number of ether oxygens (including phenoxy) is 3. The lowest BCUT2D eigenvalue weighted by atomic mass is 9.96. The summed E-state index contributed by atoms with van der Waals surface area (Å²) in [5.74, 6) is 1.22. The van der Waals surface area contributed by atoms with E-state index in [-0.39, 0.29) is 0 Å². The second-order valence-corrected chi connectivity index (χ2v) is 9.30. The fourth-order valence-corrected chi connectivity index (χ4v) is 4.28. The summed E-state index contributed by atoms with van der Waals surface area (Å²) in [6.45, 7) is 1.03. The third-order valence-electron chi connectivity index (χ3n) is 6.44. The maximum Gasteiger partial charge on any atom is 0.330 e. The van der Waals surface area contributed by atoms with Gasteiger partial charge in [-0.2, -0.15) is 0 Å². The number of methoxy groups -OCH3 is 1. The van der Waals surface area contributed by atoms with Crippen LogP contribution in [0.3, 0.4) is 0 Å². The van der Waals surface area contributed by atoms with Gasteiger partial charge >= 0.3 is 5.97 Å². The van der Waals surface area contributed by atoms with E-state index < -0.39 is 5.97 Å². The van der Waals surface area contributed by atoms with E-state index in [0.29, 0.717) is 13.2 Å². The van der Waals surface area contributed by atoms with Crippen molar-refractivity contribution in [1.82, 2.24) is 0 Å². The van der Waals surface area contributed by atoms with Crippen LogP contribution in [0.1, 0.15) is 16.7 Å². The summed E-state index contributed by atoms with van der Waals surface area (Å²) in [5, 5.41) is 0. The molecule has 0 aromatic heterocycles. The highest BCUT2D eigenvalue weighted by Gasteiger charge is 2.07. The largest absolute Gasteiger partial charge is 0.489 e. The van der Waals surface area contributed by atoms with Crippen LogP contribution in [-0.2, 0) is 22.7 Å². The monoisotopic (exact) mass is 526 g/mol. The fourth-order valence-electron chi connectivity index (χ4n) is 4.28. The first kappa shape index (κ1) is 26.5. The van der Waals surface area contributed by atoms with E-state index in [0.717, 1.165) is 50.4 Å². The van der Waals surface area contributed by atoms with Crippen molar-refractivity contribution in [3.63, 3.8) is 0 Å². The summed E-state index contributed by atoms with van der Waals surface area (Å²) in [7, 11) is 1.37. The molecule has 0 aliphatic carbocycles. The lowest BCUT2D eigenvalue weighted by Gasteiger charge is -2.11. The van der Waals surface area contributed by atoms with Gasteiger partial charge in [0.2, 0.25) is 0 Å². The van der Waals surface area contributed by atoms with Crippen molar-refractivity contribution in [1.29, 1.82) is 0 Å². The Kier molecular flexibility index (Phi) is 8.70. The standard InChI is InChI=1S/C36H30O4/c1-38-36(37)21-12-29-22-32(30-13-17-34(18-14-30)39-25-27-8-4-2-5-9-27)24-33(23-29)31-15-19-35(20-16-31)40-26-28-10-6-3-7-11-28/h2-24H,25-26H2,1H3/b21-12+. The molecule has 4 nitrogen and oxygen atoms in total. The van der Waals surface area contributed by atoms with Gasteiger partial charge in [0.1, 0.15) is 24.7 Å². The Morgan fingerprint density at radius 2 is 1.02 bits per heavy atom. The Morgan fingerprint density at radius 1 is 0.575 bits per heavy atom. The maximum atomic E-state index is 11.8. The van der Waals surface area contributed by atoms with Gasteiger partial charge in [-0.15, -0.1) is 0 Å². The lowest BCUT2D eigenvalue weighted by molar-refractivity contribution is -0.134. The van der Waals surface area contributed by atoms with Crippen LogP contribution >= 0.6 is 0 Å². The van der Waals surface area contributed by atoms with Gasteiger partial charge in [0.05, 0.1) is 7.11 Å². The van der Waals surface area contributed by atoms with Gasteiger partial charge in [-0.1, -0.05) is 84.9 Å². The third kappa shape index (κ3) is 7.27. The zero-order valence-corrected chi connectivity index (χ0v) is 22.3. The molecule has 0 aliphatic rings. The minimum absolute atomic E-state index is 0.396. The molecule has 0 fully saturated rings. The van der Waals surface area contributed by atoms with E-state index in [4.69, 9.17) is 14.2 Å². The number of esters is 1. The summed E-state index contributed by atoms with van der Waals surface area (Å²) in [6, 6.07) is 42.6. The Balaban J connectivity index is 1.37. The molecule has 0 amide bonds. The summed E-state index contributed by atoms with van der Waals surface area (Å²) >= 11 is 0. The highest BCUT2D eigenvalue weighted by molar-refractivity contribution is 5.88. The Bertz CT molecular complexity index is 1450. The summed E-state index contributed by atoms with van der Waals surface area (Å²) in [6.07, 6.45) is 3.21. The molecule has 0 spiro atoms. The number of carbonyl (C=O) groups is 1. The zero-order valence-electron chi connectivity index (χ0n) is 22.3. The Hall–Kier alpha value is -5.09. The highest BCUT2D eigenvalue weighted by atomic mass is 16.5. The number of rotatable bonds is 10. The van der Waals surface area contributed by atoms with Gasteiger partial charge in [0, 0.05) is 6.08 Å². The quantitative estimate of drug-likeness (QED) is 0.135. The van der Waals surface area contributed by atoms with Gasteiger partial charge < -0.3 is 14.2 Å². The van der Waals surface area contributed by atoms with Crippen LogP contribution in [0.25, 0.3) is 28.3 Å². The van der Waals surface area contributed by atoms with E-state index in [1.54, 1.807) is 6.08 Å². The first-order valence-electron chi connectivity index (χ1n) is 13.1. The van der Waals surface area contributed by atoms with Crippen LogP contribution < -0.4 is 9.47 Å². The van der Waals surface area contributed by atoms with E-state index in [1.807, 2.05) is 109 Å². The molecule has 0 bridgehead atoms. The lowest BCUT2D eigenvalue weighted by Crippen LogP contribution is -1.95. The van der Waals surface area contributed by atoms with Crippen molar-refractivity contribution in [2.24, 2.45) is 0 Å². The molecule has 0 aliphatic heterocycles. The van der Waals surface area contributed by atoms with Crippen molar-refractivity contribution >= 4 is 12.0 Å². The summed E-state index contributed by atoms with van der Waals surface area (Å²) in [5.41, 5.74) is 7.29. The number of carbonyl (C=O) groups excluding carboxylic acids is 1. The predicted octanol–water partition coefficient (Wildman–Crippen LogP) is 8.36.